The van der Waals surface area contributed by atoms with Crippen LogP contribution in [-0.2, 0) is 5.88 Å². The van der Waals surface area contributed by atoms with Gasteiger partial charge < -0.3 is 0 Å². The lowest BCUT2D eigenvalue weighted by molar-refractivity contribution is -0.384. The van der Waals surface area contributed by atoms with Crippen LogP contribution < -0.4 is 0 Å². The van der Waals surface area contributed by atoms with E-state index in [1.165, 1.54) is 12.1 Å². The van der Waals surface area contributed by atoms with Gasteiger partial charge in [-0.3, -0.25) is 10.1 Å². The molecule has 2 aromatic rings. The zero-order valence-corrected chi connectivity index (χ0v) is 8.96. The zero-order chi connectivity index (χ0) is 11.5. The number of halogens is 1. The Morgan fingerprint density at radius 3 is 2.88 bits per heavy atom. The fourth-order valence-corrected chi connectivity index (χ4v) is 1.47. The summed E-state index contributed by atoms with van der Waals surface area (Å²) in [5.41, 5.74) is 1.42. The molecule has 0 saturated heterocycles. The molecule has 0 unspecified atom stereocenters. The fraction of sp³-hybridized carbons (Fsp3) is 0.100. The summed E-state index contributed by atoms with van der Waals surface area (Å²) < 4.78 is 1.56. The van der Waals surface area contributed by atoms with Gasteiger partial charge in [-0.1, -0.05) is 6.07 Å². The van der Waals surface area contributed by atoms with Crippen LogP contribution >= 0.6 is 11.6 Å². The van der Waals surface area contributed by atoms with Crippen LogP contribution in [0.5, 0.6) is 0 Å². The molecule has 0 aliphatic carbocycles. The quantitative estimate of drug-likeness (QED) is 0.468. The first kappa shape index (κ1) is 10.6. The van der Waals surface area contributed by atoms with E-state index < -0.39 is 4.92 Å². The third-order valence-electron chi connectivity index (χ3n) is 2.09. The van der Waals surface area contributed by atoms with Crippen LogP contribution in [0.15, 0.2) is 36.5 Å². The summed E-state index contributed by atoms with van der Waals surface area (Å²) in [5, 5.41) is 14.8. The summed E-state index contributed by atoms with van der Waals surface area (Å²) in [6.45, 7) is 0. The monoisotopic (exact) mass is 237 g/mol. The molecule has 0 fully saturated rings. The van der Waals surface area contributed by atoms with E-state index in [0.29, 0.717) is 11.6 Å². The third kappa shape index (κ3) is 2.04. The number of nitro groups is 1. The van der Waals surface area contributed by atoms with E-state index in [1.54, 1.807) is 29.1 Å². The standard InChI is InChI=1S/C10H8ClN3O2/c11-7-8-4-5-13(12-8)9-2-1-3-10(6-9)14(15)16/h1-6H,7H2. The number of alkyl halides is 1. The van der Waals surface area contributed by atoms with Crippen molar-refractivity contribution in [3.8, 4) is 5.69 Å². The van der Waals surface area contributed by atoms with Crippen molar-refractivity contribution in [3.05, 3.63) is 52.3 Å². The van der Waals surface area contributed by atoms with Gasteiger partial charge in [0.15, 0.2) is 0 Å². The van der Waals surface area contributed by atoms with Crippen molar-refractivity contribution in [1.82, 2.24) is 9.78 Å². The predicted molar refractivity (Wildman–Crippen MR) is 59.8 cm³/mol. The molecule has 1 aromatic carbocycles. The molecule has 82 valence electrons. The van der Waals surface area contributed by atoms with Crippen LogP contribution in [-0.4, -0.2) is 14.7 Å². The highest BCUT2D eigenvalue weighted by molar-refractivity contribution is 6.16. The minimum absolute atomic E-state index is 0.0421. The number of non-ortho nitro benzene ring substituents is 1. The van der Waals surface area contributed by atoms with Gasteiger partial charge in [0.2, 0.25) is 0 Å². The third-order valence-corrected chi connectivity index (χ3v) is 2.36. The van der Waals surface area contributed by atoms with Gasteiger partial charge in [-0.25, -0.2) is 4.68 Å². The highest BCUT2D eigenvalue weighted by Gasteiger charge is 2.07. The number of aromatic nitrogens is 2. The Hall–Kier alpha value is -1.88. The normalized spacial score (nSPS) is 10.3. The number of benzene rings is 1. The lowest BCUT2D eigenvalue weighted by Gasteiger charge is -2.00. The Kier molecular flexibility index (Phi) is 2.87. The molecule has 1 heterocycles. The van der Waals surface area contributed by atoms with Gasteiger partial charge >= 0.3 is 0 Å². The van der Waals surface area contributed by atoms with Gasteiger partial charge in [0, 0.05) is 18.3 Å². The van der Waals surface area contributed by atoms with Crippen molar-refractivity contribution < 1.29 is 4.92 Å². The van der Waals surface area contributed by atoms with Crippen LogP contribution in [0.4, 0.5) is 5.69 Å². The Labute approximate surface area is 96.4 Å². The highest BCUT2D eigenvalue weighted by atomic mass is 35.5. The van der Waals surface area contributed by atoms with Crippen molar-refractivity contribution in [1.29, 1.82) is 0 Å². The summed E-state index contributed by atoms with van der Waals surface area (Å²) in [5.74, 6) is 0.321. The van der Waals surface area contributed by atoms with Crippen molar-refractivity contribution in [2.45, 2.75) is 5.88 Å². The molecule has 0 spiro atoms. The van der Waals surface area contributed by atoms with E-state index in [2.05, 4.69) is 5.10 Å². The molecule has 0 saturated carbocycles. The molecular weight excluding hydrogens is 230 g/mol. The van der Waals surface area contributed by atoms with Crippen molar-refractivity contribution in [3.63, 3.8) is 0 Å². The van der Waals surface area contributed by atoms with E-state index in [1.807, 2.05) is 0 Å². The molecular formula is C10H8ClN3O2. The number of nitro benzene ring substituents is 1. The smallest absolute Gasteiger partial charge is 0.258 e. The van der Waals surface area contributed by atoms with Crippen molar-refractivity contribution in [2.75, 3.05) is 0 Å². The SMILES string of the molecule is O=[N+]([O-])c1cccc(-n2ccc(CCl)n2)c1. The average Bonchev–Trinajstić information content (AvgIpc) is 2.77. The van der Waals surface area contributed by atoms with E-state index in [9.17, 15) is 10.1 Å². The Morgan fingerprint density at radius 1 is 1.44 bits per heavy atom. The van der Waals surface area contributed by atoms with E-state index in [-0.39, 0.29) is 5.69 Å². The molecule has 2 rings (SSSR count). The second-order valence-electron chi connectivity index (χ2n) is 3.16. The summed E-state index contributed by atoms with van der Waals surface area (Å²) in [7, 11) is 0. The minimum Gasteiger partial charge on any atom is -0.258 e. The molecule has 0 bridgehead atoms. The number of hydrogen-bond acceptors (Lipinski definition) is 3. The van der Waals surface area contributed by atoms with Crippen LogP contribution in [0.2, 0.25) is 0 Å². The summed E-state index contributed by atoms with van der Waals surface area (Å²) in [4.78, 5) is 10.2. The van der Waals surface area contributed by atoms with Gasteiger partial charge in [0.05, 0.1) is 22.2 Å². The van der Waals surface area contributed by atoms with Crippen molar-refractivity contribution in [2.24, 2.45) is 0 Å². The maximum Gasteiger partial charge on any atom is 0.271 e. The van der Waals surface area contributed by atoms with Gasteiger partial charge in [-0.05, 0) is 12.1 Å². The largest absolute Gasteiger partial charge is 0.271 e. The Balaban J connectivity index is 2.40. The van der Waals surface area contributed by atoms with Gasteiger partial charge in [-0.15, -0.1) is 11.6 Å². The predicted octanol–water partition coefficient (Wildman–Crippen LogP) is 2.52. The second-order valence-corrected chi connectivity index (χ2v) is 3.43. The number of nitrogens with zero attached hydrogens (tertiary/aromatic N) is 3. The molecule has 5 nitrogen and oxygen atoms in total. The van der Waals surface area contributed by atoms with Gasteiger partial charge in [0.25, 0.3) is 5.69 Å². The molecule has 1 aromatic heterocycles. The first-order valence-electron chi connectivity index (χ1n) is 4.56. The molecule has 0 aliphatic heterocycles. The van der Waals surface area contributed by atoms with E-state index in [0.717, 1.165) is 5.69 Å². The Bertz CT molecular complexity index is 524. The number of hydrogen-bond donors (Lipinski definition) is 0. The van der Waals surface area contributed by atoms with Gasteiger partial charge in [-0.2, -0.15) is 5.10 Å². The first-order chi connectivity index (χ1) is 7.70. The molecule has 0 radical (unpaired) electrons. The molecule has 0 aliphatic rings. The summed E-state index contributed by atoms with van der Waals surface area (Å²) in [6, 6.07) is 8.04. The van der Waals surface area contributed by atoms with Gasteiger partial charge in [0.1, 0.15) is 0 Å². The number of rotatable bonds is 3. The maximum atomic E-state index is 10.6. The first-order valence-corrected chi connectivity index (χ1v) is 5.09. The topological polar surface area (TPSA) is 61.0 Å². The minimum atomic E-state index is -0.435. The maximum absolute atomic E-state index is 10.6. The summed E-state index contributed by atoms with van der Waals surface area (Å²) in [6.07, 6.45) is 1.72. The summed E-state index contributed by atoms with van der Waals surface area (Å²) >= 11 is 5.63. The van der Waals surface area contributed by atoms with Crippen LogP contribution in [0.1, 0.15) is 5.69 Å². The van der Waals surface area contributed by atoms with Crippen LogP contribution in [0.25, 0.3) is 5.69 Å². The average molecular weight is 238 g/mol. The van der Waals surface area contributed by atoms with Crippen molar-refractivity contribution >= 4 is 17.3 Å². The van der Waals surface area contributed by atoms with Crippen LogP contribution in [0.3, 0.4) is 0 Å². The van der Waals surface area contributed by atoms with E-state index >= 15 is 0 Å². The molecule has 6 heteroatoms. The lowest BCUT2D eigenvalue weighted by atomic mass is 10.3. The Morgan fingerprint density at radius 2 is 2.25 bits per heavy atom. The fourth-order valence-electron chi connectivity index (χ4n) is 1.33. The molecule has 0 N–H and O–H groups in total. The molecule has 0 atom stereocenters. The zero-order valence-electron chi connectivity index (χ0n) is 8.21. The molecule has 16 heavy (non-hydrogen) atoms. The molecule has 0 amide bonds. The lowest BCUT2D eigenvalue weighted by Crippen LogP contribution is -1.97. The highest BCUT2D eigenvalue weighted by Crippen LogP contribution is 2.16. The van der Waals surface area contributed by atoms with E-state index in [4.69, 9.17) is 11.6 Å². The van der Waals surface area contributed by atoms with Crippen LogP contribution in [0, 0.1) is 10.1 Å². The second kappa shape index (κ2) is 4.32.